The van der Waals surface area contributed by atoms with Crippen LogP contribution in [0.4, 0.5) is 0 Å². The van der Waals surface area contributed by atoms with Gasteiger partial charge in [0.2, 0.25) is 0 Å². The molecule has 0 spiro atoms. The molecule has 89 valence electrons. The van der Waals surface area contributed by atoms with Crippen molar-refractivity contribution in [3.63, 3.8) is 0 Å². The maximum Gasteiger partial charge on any atom is 3.00 e. The summed E-state index contributed by atoms with van der Waals surface area (Å²) in [5, 5.41) is 14.0. The van der Waals surface area contributed by atoms with Gasteiger partial charge in [-0.15, -0.1) is 0 Å². The zero-order chi connectivity index (χ0) is 10.8. The van der Waals surface area contributed by atoms with Crippen LogP contribution in [0.5, 0.6) is 0 Å². The molecule has 0 bridgehead atoms. The maximum absolute atomic E-state index is 7.00. The van der Waals surface area contributed by atoms with Crippen molar-refractivity contribution in [1.29, 1.82) is 0 Å². The monoisotopic (exact) mass is 242 g/mol. The quantitative estimate of drug-likeness (QED) is 0.577. The summed E-state index contributed by atoms with van der Waals surface area (Å²) < 4.78 is 0. The van der Waals surface area contributed by atoms with Crippen molar-refractivity contribution < 1.29 is 31.9 Å². The van der Waals surface area contributed by atoms with Crippen LogP contribution in [-0.4, -0.2) is 31.0 Å². The summed E-state index contributed by atoms with van der Waals surface area (Å²) in [6.45, 7) is 8.19. The van der Waals surface area contributed by atoms with Gasteiger partial charge in [-0.25, -0.2) is 0 Å². The van der Waals surface area contributed by atoms with E-state index in [4.69, 9.17) is 15.9 Å². The zero-order valence-electron chi connectivity index (χ0n) is 10.4. The Morgan fingerprint density at radius 1 is 1.07 bits per heavy atom. The van der Waals surface area contributed by atoms with Crippen LogP contribution in [0.1, 0.15) is 33.1 Å². The number of aliphatic hydroxyl groups excluding tert-OH is 2. The van der Waals surface area contributed by atoms with E-state index in [-0.39, 0.29) is 29.1 Å². The number of nitrogens with one attached hydrogen (secondary N) is 1. The minimum atomic E-state index is 0. The first kappa shape index (κ1) is 36.5. The molecule has 0 rings (SSSR count). The summed E-state index contributed by atoms with van der Waals surface area (Å²) in [5.74, 6) is 0. The first-order chi connectivity index (χ1) is 5.83. The fourth-order valence-electron chi connectivity index (χ4n) is 0.177. The Balaban J connectivity index is -0.0000000159. The van der Waals surface area contributed by atoms with Gasteiger partial charge in [0.05, 0.1) is 0 Å². The maximum atomic E-state index is 7.00. The minimum Gasteiger partial charge on any atom is -0.677 e. The molecule has 0 fully saturated rings. The molecule has 0 saturated carbocycles. The van der Waals surface area contributed by atoms with Crippen molar-refractivity contribution in [2.45, 2.75) is 33.1 Å². The van der Waals surface area contributed by atoms with Gasteiger partial charge < -0.3 is 30.3 Å². The molecule has 0 unspecified atom stereocenters. The third-order valence-corrected chi connectivity index (χ3v) is 0.530. The van der Waals surface area contributed by atoms with Crippen LogP contribution < -0.4 is 0 Å². The van der Waals surface area contributed by atoms with Gasteiger partial charge in [0.25, 0.3) is 0 Å². The molecular formula is C10H28NO2Ti. The van der Waals surface area contributed by atoms with Crippen molar-refractivity contribution in [2.75, 3.05) is 20.8 Å². The van der Waals surface area contributed by atoms with Crippen molar-refractivity contribution in [2.24, 2.45) is 0 Å². The molecule has 4 heteroatoms. The second-order valence-corrected chi connectivity index (χ2v) is 1.60. The largest absolute Gasteiger partial charge is 3.00 e. The number of rotatable bonds is 2. The van der Waals surface area contributed by atoms with Crippen LogP contribution in [0, 0.1) is 14.4 Å². The van der Waals surface area contributed by atoms with Gasteiger partial charge in [-0.1, -0.05) is 26.7 Å². The standard InChI is InChI=1S/C4H10N.C3H7.2CH4O.CH3.Ti/c1-2-3-4-5;1-3-2;2*1-2;;/h5H,2-4H2,1H3;1,3H2,2H3;2*2H,1H3;1H3;/q2*-1;;;-1;+3. The van der Waals surface area contributed by atoms with Crippen LogP contribution in [-0.2, 0) is 21.7 Å². The van der Waals surface area contributed by atoms with Crippen LogP contribution in [0.25, 0.3) is 5.73 Å². The van der Waals surface area contributed by atoms with Gasteiger partial charge in [0.15, 0.2) is 0 Å². The van der Waals surface area contributed by atoms with Gasteiger partial charge in [-0.3, -0.25) is 0 Å². The molecule has 0 saturated heterocycles. The Kier molecular flexibility index (Phi) is 266. The third kappa shape index (κ3) is 252. The van der Waals surface area contributed by atoms with Gasteiger partial charge in [0, 0.05) is 14.2 Å². The summed E-state index contributed by atoms with van der Waals surface area (Å²) in [7, 11) is 2.00. The van der Waals surface area contributed by atoms with Crippen molar-refractivity contribution in [3.05, 3.63) is 20.1 Å². The fraction of sp³-hybridized carbons (Fsp3) is 0.800. The molecule has 0 aliphatic rings. The zero-order valence-corrected chi connectivity index (χ0v) is 12.0. The topological polar surface area (TPSA) is 64.3 Å². The molecular weight excluding hydrogens is 214 g/mol. The number of hydrogen-bond donors (Lipinski definition) is 2. The summed E-state index contributed by atoms with van der Waals surface area (Å²) in [6.07, 6.45) is 3.21. The van der Waals surface area contributed by atoms with Crippen molar-refractivity contribution >= 4 is 0 Å². The predicted molar refractivity (Wildman–Crippen MR) is 62.4 cm³/mol. The van der Waals surface area contributed by atoms with Crippen molar-refractivity contribution in [3.8, 4) is 0 Å². The molecule has 0 aromatic rings. The molecule has 14 heavy (non-hydrogen) atoms. The Hall–Kier alpha value is 0.594. The van der Waals surface area contributed by atoms with Gasteiger partial charge in [-0.2, -0.15) is 13.0 Å². The molecule has 3 N–H and O–H groups in total. The van der Waals surface area contributed by atoms with E-state index in [0.717, 1.165) is 33.5 Å². The average Bonchev–Trinajstić information content (AvgIpc) is 2.14. The van der Waals surface area contributed by atoms with E-state index < -0.39 is 0 Å². The van der Waals surface area contributed by atoms with E-state index in [2.05, 4.69) is 13.8 Å². The third-order valence-electron chi connectivity index (χ3n) is 0.530. The van der Waals surface area contributed by atoms with E-state index in [1.807, 2.05) is 6.92 Å². The smallest absolute Gasteiger partial charge is 0.677 e. The second kappa shape index (κ2) is 102. The van der Waals surface area contributed by atoms with Crippen LogP contribution in [0.2, 0.25) is 0 Å². The number of unbranched alkanes of at least 4 members (excludes halogenated alkanes) is 1. The van der Waals surface area contributed by atoms with E-state index in [1.54, 1.807) is 0 Å². The molecule has 0 atom stereocenters. The summed E-state index contributed by atoms with van der Waals surface area (Å²) >= 11 is 0. The van der Waals surface area contributed by atoms with E-state index in [0.29, 0.717) is 6.54 Å². The summed E-state index contributed by atoms with van der Waals surface area (Å²) in [5.41, 5.74) is 6.60. The Labute approximate surface area is 106 Å². The van der Waals surface area contributed by atoms with E-state index >= 15 is 0 Å². The SMILES string of the molecule is CCCC[NH-].CO.CO.[CH2-]CC.[CH3-].[Ti+3]. The molecule has 1 radical (unpaired) electrons. The predicted octanol–water partition coefficient (Wildman–Crippen LogP) is 2.73. The molecule has 0 amide bonds. The molecule has 3 nitrogen and oxygen atoms in total. The Morgan fingerprint density at radius 2 is 1.29 bits per heavy atom. The normalized spacial score (nSPS) is 5.14. The molecule has 0 aliphatic heterocycles. The van der Waals surface area contributed by atoms with Crippen LogP contribution in [0.15, 0.2) is 0 Å². The number of aliphatic hydroxyl groups is 2. The molecule has 0 aliphatic carbocycles. The van der Waals surface area contributed by atoms with Gasteiger partial charge in [-0.05, 0) is 0 Å². The molecule has 0 aromatic carbocycles. The first-order valence-corrected chi connectivity index (χ1v) is 4.16. The summed E-state index contributed by atoms with van der Waals surface area (Å²) in [4.78, 5) is 0. The van der Waals surface area contributed by atoms with Gasteiger partial charge >= 0.3 is 21.7 Å². The average molecular weight is 242 g/mol. The molecule has 0 aromatic heterocycles. The van der Waals surface area contributed by atoms with E-state index in [1.165, 1.54) is 0 Å². The van der Waals surface area contributed by atoms with Crippen LogP contribution >= 0.6 is 0 Å². The van der Waals surface area contributed by atoms with Gasteiger partial charge in [0.1, 0.15) is 0 Å². The second-order valence-electron chi connectivity index (χ2n) is 1.60. The number of hydrogen-bond acceptors (Lipinski definition) is 2. The Bertz CT molecular complexity index is 32.1. The Morgan fingerprint density at radius 3 is 1.29 bits per heavy atom. The van der Waals surface area contributed by atoms with E-state index in [9.17, 15) is 0 Å². The first-order valence-electron chi connectivity index (χ1n) is 4.16. The van der Waals surface area contributed by atoms with Crippen LogP contribution in [0.3, 0.4) is 0 Å². The molecule has 0 heterocycles. The minimum absolute atomic E-state index is 0. The van der Waals surface area contributed by atoms with Crippen molar-refractivity contribution in [1.82, 2.24) is 0 Å². The fourth-order valence-corrected chi connectivity index (χ4v) is 0.177. The summed E-state index contributed by atoms with van der Waals surface area (Å²) in [6, 6.07) is 0.